The highest BCUT2D eigenvalue weighted by atomic mass is 28.3. The number of hydrogen-bond donors (Lipinski definition) is 0. The van der Waals surface area contributed by atoms with Gasteiger partial charge in [-0.1, -0.05) is 293 Å². The molecule has 1 unspecified atom stereocenters. The normalized spacial score (nSPS) is 12.6. The largest absolute Gasteiger partial charge is 0.345 e. The van der Waals surface area contributed by atoms with Crippen molar-refractivity contribution in [3.63, 3.8) is 0 Å². The number of nitriles is 1. The Morgan fingerprint density at radius 1 is 0.473 bits per heavy atom. The average Bonchev–Trinajstić information content (AvgIpc) is 1.67. The van der Waals surface area contributed by atoms with Gasteiger partial charge in [-0.2, -0.15) is 20.2 Å². The molecule has 9 heteroatoms. The molecule has 11 aromatic carbocycles. The van der Waals surface area contributed by atoms with Crippen LogP contribution in [0.15, 0.2) is 334 Å². The second-order valence-electron chi connectivity index (χ2n) is 23.3. The second-order valence-corrected chi connectivity index (χ2v) is 31.3. The van der Waals surface area contributed by atoms with Crippen molar-refractivity contribution in [1.82, 2.24) is 24.1 Å². The molecular formula is C82H65N7Si2. The highest BCUT2D eigenvalue weighted by Gasteiger charge is 2.56. The van der Waals surface area contributed by atoms with E-state index in [1.54, 1.807) is 0 Å². The summed E-state index contributed by atoms with van der Waals surface area (Å²) in [7, 11) is -4.45. The van der Waals surface area contributed by atoms with Crippen LogP contribution in [-0.4, -0.2) is 47.3 Å². The van der Waals surface area contributed by atoms with Crippen LogP contribution in [0.3, 0.4) is 0 Å². The summed E-state index contributed by atoms with van der Waals surface area (Å²) < 4.78 is 4.51. The molecule has 436 valence electrons. The fourth-order valence-electron chi connectivity index (χ4n) is 14.3. The van der Waals surface area contributed by atoms with Gasteiger partial charge >= 0.3 is 0 Å². The van der Waals surface area contributed by atoms with Crippen molar-refractivity contribution >= 4 is 96.9 Å². The van der Waals surface area contributed by atoms with Gasteiger partial charge in [-0.15, -0.1) is 0 Å². The van der Waals surface area contributed by atoms with Gasteiger partial charge in [-0.3, -0.25) is 9.13 Å². The van der Waals surface area contributed by atoms with Crippen LogP contribution in [-0.2, 0) is 5.04 Å². The number of allylic oxidation sites excluding steroid dienone is 3. The van der Waals surface area contributed by atoms with E-state index in [-0.39, 0.29) is 0 Å². The summed E-state index contributed by atoms with van der Waals surface area (Å²) >= 11 is 0. The lowest BCUT2D eigenvalue weighted by molar-refractivity contribution is 0.737. The number of aromatic nitrogens is 5. The van der Waals surface area contributed by atoms with Crippen LogP contribution < -0.4 is 41.2 Å². The molecule has 1 atom stereocenters. The van der Waals surface area contributed by atoms with Crippen LogP contribution in [0.2, 0.25) is 0 Å². The second kappa shape index (κ2) is 24.4. The molecule has 0 saturated carbocycles. The zero-order valence-electron chi connectivity index (χ0n) is 51.0. The number of rotatable bonds is 17. The number of likely N-dealkylation sites (N-methyl/N-ethyl adjacent to an activating group) is 1. The van der Waals surface area contributed by atoms with Crippen molar-refractivity contribution in [3.8, 4) is 29.4 Å². The molecule has 0 radical (unpaired) electrons. The maximum atomic E-state index is 10.4. The first-order valence-electron chi connectivity index (χ1n) is 30.9. The third-order valence-corrected chi connectivity index (χ3v) is 28.6. The maximum Gasteiger partial charge on any atom is 0.240 e. The Labute approximate surface area is 533 Å². The fraction of sp³-hybridized carbons (Fsp3) is 0.0488. The van der Waals surface area contributed by atoms with E-state index in [1.807, 2.05) is 30.3 Å². The lowest BCUT2D eigenvalue weighted by Crippen LogP contribution is -2.77. The van der Waals surface area contributed by atoms with Crippen LogP contribution in [0.4, 0.5) is 5.69 Å². The first-order valence-corrected chi connectivity index (χ1v) is 34.9. The van der Waals surface area contributed by atoms with E-state index in [9.17, 15) is 5.26 Å². The molecule has 0 saturated heterocycles. The van der Waals surface area contributed by atoms with Crippen LogP contribution in [0.25, 0.3) is 62.1 Å². The number of fused-ring (bicyclic) bond motifs is 4. The Morgan fingerprint density at radius 3 is 1.43 bits per heavy atom. The summed E-state index contributed by atoms with van der Waals surface area (Å²) in [5.41, 5.74) is 7.96. The van der Waals surface area contributed by atoms with Gasteiger partial charge in [0, 0.05) is 56.4 Å². The monoisotopic (exact) mass is 1200 g/mol. The summed E-state index contributed by atoms with van der Waals surface area (Å²) in [6.07, 6.45) is 9.11. The van der Waals surface area contributed by atoms with Crippen LogP contribution in [0.1, 0.15) is 30.7 Å². The van der Waals surface area contributed by atoms with E-state index in [2.05, 4.69) is 338 Å². The summed E-state index contributed by atoms with van der Waals surface area (Å²) in [5, 5.41) is 21.1. The summed E-state index contributed by atoms with van der Waals surface area (Å²) in [5.74, 6) is 1.38. The quantitative estimate of drug-likeness (QED) is 0.0393. The summed E-state index contributed by atoms with van der Waals surface area (Å²) in [6, 6.07) is 111. The third-order valence-electron chi connectivity index (χ3n) is 18.3. The standard InChI is InChI=1S/C82H65N7Si2/c1-5-56-82(3,91(67-41-21-10-22-42-67,68-43-23-11-24-44-68)69-45-25-12-26-46-69)78-73(54-52-60(2)87(4)63-33-13-6-14-34-63)71-48-27-30-51-76(71)89(78)81-85-79(84-80(86-81)88-75-50-29-28-49-72(75)74-57-61(59-83)53-55-77(74)88)62-32-31-47-70(58-62)90(64-35-15-7-16-36-64,65-37-17-8-18-38-65)66-39-19-9-20-40-66/h5-58H,2H2,1,3-4H3/b54-52-,56-5-. The SMILES string of the molecule is C=C(/C=C\c1c(C(C)(/C=C\C)[Si](c2ccccc2)(c2ccccc2)c2ccccc2)n(-c2nc(-c3cccc([Si](c4ccccc4)(c4ccccc4)c4ccccc4)c3)nc(-n3c4ccccc4c4cc(C#N)ccc43)n2)c2ccccc12)N(C)c1ccccc1. The molecule has 3 aromatic heterocycles. The number of anilines is 1. The van der Waals surface area contributed by atoms with E-state index >= 15 is 0 Å². The van der Waals surface area contributed by atoms with E-state index < -0.39 is 21.2 Å². The minimum Gasteiger partial charge on any atom is -0.345 e. The van der Waals surface area contributed by atoms with E-state index in [0.717, 1.165) is 60.9 Å². The number of nitrogens with zero attached hydrogens (tertiary/aromatic N) is 7. The lowest BCUT2D eigenvalue weighted by atomic mass is 9.99. The Kier molecular flexibility index (Phi) is 15.4. The van der Waals surface area contributed by atoms with Gasteiger partial charge in [-0.05, 0) is 91.8 Å². The van der Waals surface area contributed by atoms with Crippen LogP contribution in [0, 0.1) is 11.3 Å². The minimum atomic E-state index is -3.45. The van der Waals surface area contributed by atoms with E-state index in [4.69, 9.17) is 21.5 Å². The molecule has 0 aliphatic rings. The number of para-hydroxylation sites is 3. The highest BCUT2D eigenvalue weighted by Crippen LogP contribution is 2.45. The molecule has 14 rings (SSSR count). The molecule has 7 nitrogen and oxygen atoms in total. The molecule has 0 N–H and O–H groups in total. The van der Waals surface area contributed by atoms with Gasteiger partial charge in [0.05, 0.1) is 28.2 Å². The van der Waals surface area contributed by atoms with Gasteiger partial charge in [0.1, 0.15) is 0 Å². The molecule has 0 aliphatic carbocycles. The Balaban J connectivity index is 1.14. The first-order chi connectivity index (χ1) is 44.8. The van der Waals surface area contributed by atoms with Gasteiger partial charge in [0.15, 0.2) is 22.0 Å². The van der Waals surface area contributed by atoms with Crippen molar-refractivity contribution in [1.29, 1.82) is 5.26 Å². The van der Waals surface area contributed by atoms with Gasteiger partial charge < -0.3 is 4.90 Å². The average molecular weight is 1200 g/mol. The molecule has 91 heavy (non-hydrogen) atoms. The molecule has 3 heterocycles. The molecule has 0 bridgehead atoms. The molecule has 0 amide bonds. The van der Waals surface area contributed by atoms with Crippen molar-refractivity contribution in [3.05, 3.63) is 351 Å². The van der Waals surface area contributed by atoms with Gasteiger partial charge in [-0.25, -0.2) is 0 Å². The minimum absolute atomic E-state index is 0.433. The Bertz CT molecular complexity index is 4870. The topological polar surface area (TPSA) is 75.6 Å². The van der Waals surface area contributed by atoms with Gasteiger partial charge in [0.2, 0.25) is 11.9 Å². The molecule has 0 aliphatic heterocycles. The Morgan fingerprint density at radius 2 is 0.912 bits per heavy atom. The van der Waals surface area contributed by atoms with Crippen molar-refractivity contribution < 1.29 is 0 Å². The molecule has 14 aromatic rings. The third kappa shape index (κ3) is 9.77. The van der Waals surface area contributed by atoms with Crippen molar-refractivity contribution in [2.24, 2.45) is 0 Å². The fourth-order valence-corrected chi connectivity index (χ4v) is 25.0. The van der Waals surface area contributed by atoms with E-state index in [0.29, 0.717) is 23.3 Å². The Hall–Kier alpha value is -11.3. The summed E-state index contributed by atoms with van der Waals surface area (Å²) in [4.78, 5) is 19.6. The van der Waals surface area contributed by atoms with Crippen LogP contribution >= 0.6 is 0 Å². The zero-order chi connectivity index (χ0) is 61.9. The number of benzene rings is 11. The smallest absolute Gasteiger partial charge is 0.240 e. The van der Waals surface area contributed by atoms with Crippen molar-refractivity contribution in [2.75, 3.05) is 11.9 Å². The van der Waals surface area contributed by atoms with Crippen LogP contribution in [0.5, 0.6) is 0 Å². The predicted octanol–water partition coefficient (Wildman–Crippen LogP) is 14.0. The zero-order valence-corrected chi connectivity index (χ0v) is 53.0. The molecule has 0 spiro atoms. The molecule has 0 fully saturated rings. The first kappa shape index (κ1) is 57.5. The maximum absolute atomic E-state index is 10.4. The number of hydrogen-bond acceptors (Lipinski definition) is 5. The van der Waals surface area contributed by atoms with Gasteiger partial charge in [0.25, 0.3) is 0 Å². The van der Waals surface area contributed by atoms with E-state index in [1.165, 1.54) is 36.3 Å². The predicted molar refractivity (Wildman–Crippen MR) is 384 cm³/mol. The highest BCUT2D eigenvalue weighted by molar-refractivity contribution is 7.20. The van der Waals surface area contributed by atoms with Crippen molar-refractivity contribution in [2.45, 2.75) is 18.9 Å². The molecular weight excluding hydrogens is 1140 g/mol. The summed E-state index contributed by atoms with van der Waals surface area (Å²) in [6.45, 7) is 9.31. The lowest BCUT2D eigenvalue weighted by Gasteiger charge is -2.48.